The molecular weight excluding hydrogens is 276 g/mol. The zero-order valence-corrected chi connectivity index (χ0v) is 13.0. The van der Waals surface area contributed by atoms with E-state index in [0.29, 0.717) is 6.41 Å². The van der Waals surface area contributed by atoms with Crippen LogP contribution in [0.1, 0.15) is 19.4 Å². The molecule has 2 aromatic carbocycles. The number of anilines is 1. The molecule has 0 radical (unpaired) electrons. The molecule has 0 saturated carbocycles. The third-order valence-corrected chi connectivity index (χ3v) is 3.52. The Labute approximate surface area is 131 Å². The first kappa shape index (κ1) is 16.0. The average molecular weight is 298 g/mol. The van der Waals surface area contributed by atoms with Crippen LogP contribution in [0.2, 0.25) is 0 Å². The topological polar surface area (TPSA) is 41.6 Å². The second kappa shape index (κ2) is 8.20. The number of carbonyl (C=O) groups is 1. The minimum absolute atomic E-state index is 0.0586. The molecule has 2 rings (SSSR count). The molecule has 1 unspecified atom stereocenters. The Morgan fingerprint density at radius 1 is 1.18 bits per heavy atom. The van der Waals surface area contributed by atoms with E-state index >= 15 is 0 Å². The highest BCUT2D eigenvalue weighted by Gasteiger charge is 2.14. The van der Waals surface area contributed by atoms with E-state index in [1.54, 1.807) is 0 Å². The summed E-state index contributed by atoms with van der Waals surface area (Å²) in [6.07, 6.45) is 0.604. The van der Waals surface area contributed by atoms with Gasteiger partial charge in [0.1, 0.15) is 12.0 Å². The highest BCUT2D eigenvalue weighted by molar-refractivity contribution is 5.71. The first-order valence-corrected chi connectivity index (χ1v) is 7.47. The molecule has 1 atom stereocenters. The molecule has 0 spiro atoms. The van der Waals surface area contributed by atoms with Gasteiger partial charge in [-0.15, -0.1) is 0 Å². The van der Waals surface area contributed by atoms with Crippen molar-refractivity contribution in [1.29, 1.82) is 0 Å². The van der Waals surface area contributed by atoms with E-state index in [-0.39, 0.29) is 6.23 Å². The Kier molecular flexibility index (Phi) is 5.98. The molecular formula is C18H22N2O2. The Balaban J connectivity index is 2.01. The summed E-state index contributed by atoms with van der Waals surface area (Å²) in [6, 6.07) is 17.7. The summed E-state index contributed by atoms with van der Waals surface area (Å²) in [6.45, 7) is 5.88. The molecule has 2 aromatic rings. The Hall–Kier alpha value is -2.33. The Bertz CT molecular complexity index is 587. The highest BCUT2D eigenvalue weighted by Crippen LogP contribution is 2.19. The van der Waals surface area contributed by atoms with E-state index in [4.69, 9.17) is 4.74 Å². The number of amides is 1. The molecule has 0 heterocycles. The second-order valence-electron chi connectivity index (χ2n) is 5.06. The molecule has 22 heavy (non-hydrogen) atoms. The third kappa shape index (κ3) is 4.60. The molecule has 1 N–H and O–H groups in total. The minimum atomic E-state index is -0.0586. The first-order valence-electron chi connectivity index (χ1n) is 7.47. The first-order chi connectivity index (χ1) is 10.7. The molecule has 4 nitrogen and oxygen atoms in total. The SMILES string of the molecule is CCN(Cc1ccccc1)C(C)Oc1cccc(NC=O)c1. The predicted octanol–water partition coefficient (Wildman–Crippen LogP) is 3.50. The molecule has 116 valence electrons. The van der Waals surface area contributed by atoms with Crippen LogP contribution in [0.15, 0.2) is 54.6 Å². The summed E-state index contributed by atoms with van der Waals surface area (Å²) in [4.78, 5) is 12.8. The number of ether oxygens (including phenoxy) is 1. The maximum Gasteiger partial charge on any atom is 0.211 e. The van der Waals surface area contributed by atoms with Crippen LogP contribution in [0.25, 0.3) is 0 Å². The number of hydrogen-bond acceptors (Lipinski definition) is 3. The maximum atomic E-state index is 10.5. The summed E-state index contributed by atoms with van der Waals surface area (Å²) >= 11 is 0. The van der Waals surface area contributed by atoms with Gasteiger partial charge in [0.2, 0.25) is 6.41 Å². The zero-order chi connectivity index (χ0) is 15.8. The van der Waals surface area contributed by atoms with Gasteiger partial charge >= 0.3 is 0 Å². The number of rotatable bonds is 8. The molecule has 0 bridgehead atoms. The van der Waals surface area contributed by atoms with E-state index in [9.17, 15) is 4.79 Å². The van der Waals surface area contributed by atoms with Crippen molar-refractivity contribution in [2.24, 2.45) is 0 Å². The molecule has 0 fully saturated rings. The van der Waals surface area contributed by atoms with Crippen LogP contribution in [-0.2, 0) is 11.3 Å². The van der Waals surface area contributed by atoms with Crippen LogP contribution in [-0.4, -0.2) is 24.1 Å². The fraction of sp³-hybridized carbons (Fsp3) is 0.278. The number of nitrogens with zero attached hydrogens (tertiary/aromatic N) is 1. The molecule has 0 aliphatic rings. The van der Waals surface area contributed by atoms with Crippen molar-refractivity contribution >= 4 is 12.1 Å². The monoisotopic (exact) mass is 298 g/mol. The van der Waals surface area contributed by atoms with Gasteiger partial charge in [0, 0.05) is 18.3 Å². The summed E-state index contributed by atoms with van der Waals surface area (Å²) in [5.41, 5.74) is 1.99. The van der Waals surface area contributed by atoms with Gasteiger partial charge in [-0.1, -0.05) is 43.3 Å². The third-order valence-electron chi connectivity index (χ3n) is 3.52. The van der Waals surface area contributed by atoms with Gasteiger partial charge in [-0.2, -0.15) is 0 Å². The predicted molar refractivity (Wildman–Crippen MR) is 88.7 cm³/mol. The lowest BCUT2D eigenvalue weighted by atomic mass is 10.2. The fourth-order valence-electron chi connectivity index (χ4n) is 2.31. The van der Waals surface area contributed by atoms with Gasteiger partial charge in [-0.3, -0.25) is 9.69 Å². The molecule has 0 aliphatic carbocycles. The van der Waals surface area contributed by atoms with E-state index in [1.807, 2.05) is 49.4 Å². The summed E-state index contributed by atoms with van der Waals surface area (Å²) < 4.78 is 6.00. The zero-order valence-electron chi connectivity index (χ0n) is 13.0. The van der Waals surface area contributed by atoms with E-state index in [2.05, 4.69) is 29.3 Å². The van der Waals surface area contributed by atoms with Crippen LogP contribution in [0.5, 0.6) is 5.75 Å². The van der Waals surface area contributed by atoms with Gasteiger partial charge in [-0.05, 0) is 31.2 Å². The van der Waals surface area contributed by atoms with Gasteiger partial charge in [0.05, 0.1) is 0 Å². The normalized spacial score (nSPS) is 12.0. The molecule has 0 aromatic heterocycles. The summed E-state index contributed by atoms with van der Waals surface area (Å²) in [5, 5.41) is 2.63. The van der Waals surface area contributed by atoms with Crippen molar-refractivity contribution in [1.82, 2.24) is 4.90 Å². The molecule has 1 amide bonds. The van der Waals surface area contributed by atoms with Crippen LogP contribution in [0.4, 0.5) is 5.69 Å². The largest absolute Gasteiger partial charge is 0.475 e. The lowest BCUT2D eigenvalue weighted by molar-refractivity contribution is -0.105. The van der Waals surface area contributed by atoms with Crippen molar-refractivity contribution in [3.8, 4) is 5.75 Å². The van der Waals surface area contributed by atoms with Crippen molar-refractivity contribution in [2.75, 3.05) is 11.9 Å². The standard InChI is InChI=1S/C18H22N2O2/c1-3-20(13-16-8-5-4-6-9-16)15(2)22-18-11-7-10-17(12-18)19-14-21/h4-12,14-15H,3,13H2,1-2H3,(H,19,21). The van der Waals surface area contributed by atoms with Crippen molar-refractivity contribution in [2.45, 2.75) is 26.6 Å². The lowest BCUT2D eigenvalue weighted by Gasteiger charge is -2.28. The molecule has 0 saturated heterocycles. The van der Waals surface area contributed by atoms with Gasteiger partial charge < -0.3 is 10.1 Å². The lowest BCUT2D eigenvalue weighted by Crippen LogP contribution is -2.36. The minimum Gasteiger partial charge on any atom is -0.475 e. The van der Waals surface area contributed by atoms with Crippen molar-refractivity contribution in [3.63, 3.8) is 0 Å². The Morgan fingerprint density at radius 3 is 2.64 bits per heavy atom. The molecule has 4 heteroatoms. The van der Waals surface area contributed by atoms with E-state index in [1.165, 1.54) is 5.56 Å². The smallest absolute Gasteiger partial charge is 0.211 e. The quantitative estimate of drug-likeness (QED) is 0.599. The number of benzene rings is 2. The van der Waals surface area contributed by atoms with Crippen LogP contribution >= 0.6 is 0 Å². The van der Waals surface area contributed by atoms with Crippen molar-refractivity contribution < 1.29 is 9.53 Å². The van der Waals surface area contributed by atoms with Gasteiger partial charge in [0.15, 0.2) is 0 Å². The van der Waals surface area contributed by atoms with Crippen LogP contribution in [0, 0.1) is 0 Å². The highest BCUT2D eigenvalue weighted by atomic mass is 16.5. The molecule has 0 aliphatic heterocycles. The Morgan fingerprint density at radius 2 is 1.95 bits per heavy atom. The van der Waals surface area contributed by atoms with E-state index < -0.39 is 0 Å². The van der Waals surface area contributed by atoms with Crippen molar-refractivity contribution in [3.05, 3.63) is 60.2 Å². The number of nitrogens with one attached hydrogen (secondary N) is 1. The van der Waals surface area contributed by atoms with Gasteiger partial charge in [0.25, 0.3) is 0 Å². The van der Waals surface area contributed by atoms with Crippen LogP contribution < -0.4 is 10.1 Å². The summed E-state index contributed by atoms with van der Waals surface area (Å²) in [5.74, 6) is 0.742. The number of hydrogen-bond donors (Lipinski definition) is 1. The fourth-order valence-corrected chi connectivity index (χ4v) is 2.31. The summed E-state index contributed by atoms with van der Waals surface area (Å²) in [7, 11) is 0. The number of carbonyl (C=O) groups excluding carboxylic acids is 1. The maximum absolute atomic E-state index is 10.5. The second-order valence-corrected chi connectivity index (χ2v) is 5.06. The van der Waals surface area contributed by atoms with Gasteiger partial charge in [-0.25, -0.2) is 0 Å². The van der Waals surface area contributed by atoms with Crippen LogP contribution in [0.3, 0.4) is 0 Å². The van der Waals surface area contributed by atoms with E-state index in [0.717, 1.165) is 24.5 Å². The average Bonchev–Trinajstić information content (AvgIpc) is 2.54.